The molecule has 0 saturated heterocycles. The van der Waals surface area contributed by atoms with Gasteiger partial charge < -0.3 is 20.7 Å². The monoisotopic (exact) mass is 227 g/mol. The Morgan fingerprint density at radius 3 is 2.62 bits per heavy atom. The Hall–Kier alpha value is -1.59. The van der Waals surface area contributed by atoms with Gasteiger partial charge >= 0.3 is 5.97 Å². The number of ether oxygens (including phenoxy) is 1. The summed E-state index contributed by atoms with van der Waals surface area (Å²) in [6.07, 6.45) is 0.111. The fourth-order valence-corrected chi connectivity index (χ4v) is 1.14. The van der Waals surface area contributed by atoms with Crippen LogP contribution in [0.4, 0.5) is 0 Å². The largest absolute Gasteiger partial charge is 0.508 e. The number of aliphatic hydroxyl groups excluding tert-OH is 1. The van der Waals surface area contributed by atoms with Crippen molar-refractivity contribution in [3.63, 3.8) is 0 Å². The lowest BCUT2D eigenvalue weighted by atomic mass is 10.0. The van der Waals surface area contributed by atoms with Crippen LogP contribution in [0.5, 0.6) is 5.75 Å². The number of phenolic OH excluding ortho intramolecular Hbond substituents is 1. The van der Waals surface area contributed by atoms with Crippen LogP contribution in [0.25, 0.3) is 0 Å². The third kappa shape index (κ3) is 4.77. The van der Waals surface area contributed by atoms with Gasteiger partial charge in [0.2, 0.25) is 0 Å². The van der Waals surface area contributed by atoms with Gasteiger partial charge in [0.25, 0.3) is 0 Å². The van der Waals surface area contributed by atoms with E-state index in [1.165, 1.54) is 13.2 Å². The number of benzene rings is 1. The second-order valence-electron chi connectivity index (χ2n) is 2.98. The van der Waals surface area contributed by atoms with Gasteiger partial charge in [-0.15, -0.1) is 0 Å². The number of nitrogens with two attached hydrogens (primary N) is 1. The first-order valence-corrected chi connectivity index (χ1v) is 4.69. The quantitative estimate of drug-likeness (QED) is 0.656. The van der Waals surface area contributed by atoms with Crippen molar-refractivity contribution in [2.24, 2.45) is 5.73 Å². The minimum atomic E-state index is -0.436. The molecule has 1 aromatic carbocycles. The first kappa shape index (κ1) is 14.4. The number of methoxy groups -OCH3 is 1. The van der Waals surface area contributed by atoms with Crippen LogP contribution in [-0.2, 0) is 9.53 Å². The first-order valence-electron chi connectivity index (χ1n) is 4.69. The molecule has 0 aromatic heterocycles. The zero-order valence-corrected chi connectivity index (χ0v) is 9.38. The number of hydrogen-bond donors (Lipinski definition) is 3. The van der Waals surface area contributed by atoms with Crippen LogP contribution in [0.1, 0.15) is 18.0 Å². The highest BCUT2D eigenvalue weighted by Crippen LogP contribution is 2.18. The standard InChI is InChI=1S/C10H13NO3.CH4O/c1-14-10(13)6-9(11)7-3-2-4-8(12)5-7;1-2/h2-5,9,12H,6,11H2,1H3;2H,1H3. The van der Waals surface area contributed by atoms with E-state index in [4.69, 9.17) is 10.8 Å². The Kier molecular flexibility index (Phi) is 6.91. The topological polar surface area (TPSA) is 92.8 Å². The first-order chi connectivity index (χ1) is 7.63. The molecule has 1 unspecified atom stereocenters. The maximum Gasteiger partial charge on any atom is 0.307 e. The van der Waals surface area contributed by atoms with Crippen LogP contribution in [0.3, 0.4) is 0 Å². The van der Waals surface area contributed by atoms with Crippen LogP contribution in [-0.4, -0.2) is 30.4 Å². The SMILES string of the molecule is CO.COC(=O)CC(N)c1cccc(O)c1. The number of carbonyl (C=O) groups is 1. The van der Waals surface area contributed by atoms with E-state index < -0.39 is 6.04 Å². The summed E-state index contributed by atoms with van der Waals surface area (Å²) in [4.78, 5) is 10.9. The number of hydrogen-bond acceptors (Lipinski definition) is 5. The molecule has 0 aliphatic rings. The predicted octanol–water partition coefficient (Wildman–Crippen LogP) is 0.564. The fourth-order valence-electron chi connectivity index (χ4n) is 1.14. The van der Waals surface area contributed by atoms with E-state index in [0.29, 0.717) is 0 Å². The lowest BCUT2D eigenvalue weighted by Gasteiger charge is -2.10. The van der Waals surface area contributed by atoms with Crippen molar-refractivity contribution >= 4 is 5.97 Å². The molecule has 0 saturated carbocycles. The van der Waals surface area contributed by atoms with Crippen molar-refractivity contribution in [3.05, 3.63) is 29.8 Å². The van der Waals surface area contributed by atoms with Gasteiger partial charge in [-0.3, -0.25) is 4.79 Å². The second-order valence-corrected chi connectivity index (χ2v) is 2.98. The lowest BCUT2D eigenvalue weighted by molar-refractivity contribution is -0.141. The molecule has 0 aliphatic carbocycles. The van der Waals surface area contributed by atoms with Gasteiger partial charge in [-0.25, -0.2) is 0 Å². The van der Waals surface area contributed by atoms with Crippen LogP contribution in [0.15, 0.2) is 24.3 Å². The van der Waals surface area contributed by atoms with Gasteiger partial charge in [0.1, 0.15) is 5.75 Å². The zero-order valence-electron chi connectivity index (χ0n) is 9.38. The van der Waals surface area contributed by atoms with Crippen molar-refractivity contribution in [3.8, 4) is 5.75 Å². The third-order valence-corrected chi connectivity index (χ3v) is 1.91. The lowest BCUT2D eigenvalue weighted by Crippen LogP contribution is -2.16. The number of aromatic hydroxyl groups is 1. The van der Waals surface area contributed by atoms with E-state index in [2.05, 4.69) is 4.74 Å². The van der Waals surface area contributed by atoms with Gasteiger partial charge in [0.05, 0.1) is 13.5 Å². The molecule has 0 fully saturated rings. The molecule has 1 rings (SSSR count). The molecule has 5 nitrogen and oxygen atoms in total. The van der Waals surface area contributed by atoms with E-state index in [0.717, 1.165) is 12.7 Å². The summed E-state index contributed by atoms with van der Waals surface area (Å²) >= 11 is 0. The maximum atomic E-state index is 10.9. The molecule has 0 radical (unpaired) electrons. The summed E-state index contributed by atoms with van der Waals surface area (Å²) in [5.74, 6) is -0.219. The summed E-state index contributed by atoms with van der Waals surface area (Å²) in [5, 5.41) is 16.2. The number of phenols is 1. The van der Waals surface area contributed by atoms with Gasteiger partial charge in [0, 0.05) is 13.2 Å². The van der Waals surface area contributed by atoms with Crippen LogP contribution in [0, 0.1) is 0 Å². The molecule has 0 bridgehead atoms. The average Bonchev–Trinajstić information content (AvgIpc) is 2.31. The molecule has 1 atom stereocenters. The Morgan fingerprint density at radius 1 is 1.50 bits per heavy atom. The summed E-state index contributed by atoms with van der Waals surface area (Å²) in [7, 11) is 2.32. The zero-order chi connectivity index (χ0) is 12.6. The van der Waals surface area contributed by atoms with Crippen molar-refractivity contribution in [1.29, 1.82) is 0 Å². The highest BCUT2D eigenvalue weighted by Gasteiger charge is 2.11. The number of esters is 1. The van der Waals surface area contributed by atoms with Crippen molar-refractivity contribution in [2.75, 3.05) is 14.2 Å². The van der Waals surface area contributed by atoms with Crippen molar-refractivity contribution < 1.29 is 19.7 Å². The molecule has 0 aliphatic heterocycles. The number of carbonyl (C=O) groups excluding carboxylic acids is 1. The van der Waals surface area contributed by atoms with E-state index in [9.17, 15) is 9.90 Å². The van der Waals surface area contributed by atoms with E-state index in [1.54, 1.807) is 18.2 Å². The Morgan fingerprint density at radius 2 is 2.12 bits per heavy atom. The van der Waals surface area contributed by atoms with Crippen LogP contribution >= 0.6 is 0 Å². The molecule has 5 heteroatoms. The molecule has 90 valence electrons. The minimum absolute atomic E-state index is 0.111. The summed E-state index contributed by atoms with van der Waals surface area (Å²) in [5.41, 5.74) is 6.45. The molecule has 16 heavy (non-hydrogen) atoms. The molecular weight excluding hydrogens is 210 g/mol. The molecule has 0 amide bonds. The van der Waals surface area contributed by atoms with E-state index in [1.807, 2.05) is 0 Å². The average molecular weight is 227 g/mol. The fraction of sp³-hybridized carbons (Fsp3) is 0.364. The third-order valence-electron chi connectivity index (χ3n) is 1.91. The van der Waals surface area contributed by atoms with E-state index in [-0.39, 0.29) is 18.1 Å². The summed E-state index contributed by atoms with van der Waals surface area (Å²) < 4.78 is 4.49. The van der Waals surface area contributed by atoms with Crippen molar-refractivity contribution in [1.82, 2.24) is 0 Å². The normalized spacial score (nSPS) is 11.0. The van der Waals surface area contributed by atoms with Crippen LogP contribution in [0.2, 0.25) is 0 Å². The van der Waals surface area contributed by atoms with Gasteiger partial charge in [-0.2, -0.15) is 0 Å². The van der Waals surface area contributed by atoms with Gasteiger partial charge in [-0.1, -0.05) is 12.1 Å². The highest BCUT2D eigenvalue weighted by atomic mass is 16.5. The molecule has 0 spiro atoms. The molecule has 1 aromatic rings. The van der Waals surface area contributed by atoms with E-state index >= 15 is 0 Å². The summed E-state index contributed by atoms with van der Waals surface area (Å²) in [6, 6.07) is 6.09. The second kappa shape index (κ2) is 7.67. The Balaban J connectivity index is 0.00000106. The van der Waals surface area contributed by atoms with Crippen LogP contribution < -0.4 is 5.73 Å². The van der Waals surface area contributed by atoms with Gasteiger partial charge in [0.15, 0.2) is 0 Å². The van der Waals surface area contributed by atoms with Gasteiger partial charge in [-0.05, 0) is 17.7 Å². The Labute approximate surface area is 94.5 Å². The smallest absolute Gasteiger partial charge is 0.307 e. The molecule has 4 N–H and O–H groups in total. The number of aliphatic hydroxyl groups is 1. The number of rotatable bonds is 3. The molecular formula is C11H17NO4. The van der Waals surface area contributed by atoms with Crippen molar-refractivity contribution in [2.45, 2.75) is 12.5 Å². The minimum Gasteiger partial charge on any atom is -0.508 e. The Bertz CT molecular complexity index is 328. The highest BCUT2D eigenvalue weighted by molar-refractivity contribution is 5.70. The summed E-state index contributed by atoms with van der Waals surface area (Å²) in [6.45, 7) is 0. The molecule has 0 heterocycles. The predicted molar refractivity (Wildman–Crippen MR) is 59.8 cm³/mol. The maximum absolute atomic E-state index is 10.9.